The van der Waals surface area contributed by atoms with E-state index in [1.165, 1.54) is 0 Å². The van der Waals surface area contributed by atoms with Gasteiger partial charge in [-0.05, 0) is 12.3 Å². The van der Waals surface area contributed by atoms with Crippen LogP contribution in [0.3, 0.4) is 0 Å². The van der Waals surface area contributed by atoms with Crippen molar-refractivity contribution < 1.29 is 5.11 Å². The summed E-state index contributed by atoms with van der Waals surface area (Å²) in [6.45, 7) is 0.829. The summed E-state index contributed by atoms with van der Waals surface area (Å²) >= 11 is 5.00. The Morgan fingerprint density at radius 3 is 3.14 bits per heavy atom. The number of nitrogens with two attached hydrogens (primary N) is 1. The monoisotopic (exact) mass is 213 g/mol. The summed E-state index contributed by atoms with van der Waals surface area (Å²) < 4.78 is 0. The van der Waals surface area contributed by atoms with E-state index in [0.717, 1.165) is 24.4 Å². The highest BCUT2D eigenvalue weighted by atomic mass is 32.1. The fourth-order valence-corrected chi connectivity index (χ4v) is 1.93. The Kier molecular flexibility index (Phi) is 2.56. The topological polar surface area (TPSA) is 82.7 Å². The first-order chi connectivity index (χ1) is 6.70. The van der Waals surface area contributed by atoms with Gasteiger partial charge in [-0.1, -0.05) is 12.6 Å². The Labute approximate surface area is 87.9 Å². The van der Waals surface area contributed by atoms with Crippen LogP contribution in [0.4, 0.5) is 0 Å². The van der Waals surface area contributed by atoms with Crippen LogP contribution in [-0.4, -0.2) is 29.6 Å². The second kappa shape index (κ2) is 3.70. The quantitative estimate of drug-likeness (QED) is 0.461. The molecule has 0 aliphatic carbocycles. The second-order valence-corrected chi connectivity index (χ2v) is 3.86. The molecule has 0 amide bonds. The largest absolute Gasteiger partial charge is 0.371 e. The molecule has 5 nitrogen and oxygen atoms in total. The van der Waals surface area contributed by atoms with Gasteiger partial charge in [0.1, 0.15) is 5.82 Å². The molecule has 0 aromatic carbocycles. The van der Waals surface area contributed by atoms with Crippen molar-refractivity contribution in [2.24, 2.45) is 16.6 Å². The van der Waals surface area contributed by atoms with Crippen LogP contribution >= 0.6 is 12.6 Å². The van der Waals surface area contributed by atoms with Crippen molar-refractivity contribution in [2.75, 3.05) is 12.3 Å². The summed E-state index contributed by atoms with van der Waals surface area (Å²) in [6, 6.07) is 0. The molecular weight excluding hydrogens is 200 g/mol. The average molecular weight is 213 g/mol. The molecule has 0 fully saturated rings. The highest BCUT2D eigenvalue weighted by Crippen LogP contribution is 2.24. The minimum Gasteiger partial charge on any atom is -0.371 e. The van der Waals surface area contributed by atoms with Crippen LogP contribution in [0.15, 0.2) is 16.4 Å². The molecule has 2 aliphatic rings. The van der Waals surface area contributed by atoms with E-state index < -0.39 is 6.23 Å². The maximum atomic E-state index is 9.65. The number of nitrogens with zero attached hydrogens (tertiary/aromatic N) is 1. The number of guanidine groups is 1. The lowest BCUT2D eigenvalue weighted by molar-refractivity contribution is 0.202. The van der Waals surface area contributed by atoms with Crippen LogP contribution in [-0.2, 0) is 0 Å². The number of aliphatic imine (C=N–C) groups is 1. The Balaban J connectivity index is 2.17. The van der Waals surface area contributed by atoms with Crippen molar-refractivity contribution in [3.63, 3.8) is 0 Å². The predicted octanol–water partition coefficient (Wildman–Crippen LogP) is -0.759. The van der Waals surface area contributed by atoms with Crippen molar-refractivity contribution in [1.29, 1.82) is 0 Å². The zero-order valence-electron chi connectivity index (χ0n) is 7.66. The van der Waals surface area contributed by atoms with E-state index in [2.05, 4.69) is 15.6 Å². The standard InChI is InChI=1S/C8H13N4OS/c9-8-11-6-5(7(13)12-8)1-4(3-14)2-10-6/h4,7,10,13H,1-3H2,(H3,9,11,12). The lowest BCUT2D eigenvalue weighted by Crippen LogP contribution is -2.47. The lowest BCUT2D eigenvalue weighted by Gasteiger charge is -2.32. The van der Waals surface area contributed by atoms with E-state index in [9.17, 15) is 5.11 Å². The Morgan fingerprint density at radius 1 is 1.64 bits per heavy atom. The normalized spacial score (nSPS) is 31.4. The lowest BCUT2D eigenvalue weighted by atomic mass is 9.96. The maximum absolute atomic E-state index is 9.65. The van der Waals surface area contributed by atoms with Crippen LogP contribution in [0.2, 0.25) is 0 Å². The van der Waals surface area contributed by atoms with Gasteiger partial charge in [-0.15, -0.1) is 0 Å². The molecule has 14 heavy (non-hydrogen) atoms. The fraction of sp³-hybridized carbons (Fsp3) is 0.625. The molecule has 77 valence electrons. The van der Waals surface area contributed by atoms with Gasteiger partial charge < -0.3 is 21.5 Å². The molecule has 0 bridgehead atoms. The molecule has 2 atom stereocenters. The second-order valence-electron chi connectivity index (χ2n) is 3.53. The Bertz CT molecular complexity index is 302. The number of aliphatic hydroxyl groups is 1. The van der Waals surface area contributed by atoms with E-state index >= 15 is 0 Å². The summed E-state index contributed by atoms with van der Waals surface area (Å²) in [5.74, 6) is 2.13. The fourth-order valence-electron chi connectivity index (χ4n) is 1.69. The molecule has 0 spiro atoms. The van der Waals surface area contributed by atoms with Crippen molar-refractivity contribution in [3.05, 3.63) is 11.4 Å². The molecule has 2 heterocycles. The number of hydrogen-bond donors (Lipinski definition) is 4. The van der Waals surface area contributed by atoms with Gasteiger partial charge in [0, 0.05) is 17.9 Å². The molecular formula is C8H13N4OS. The first-order valence-electron chi connectivity index (χ1n) is 4.54. The molecule has 6 heteroatoms. The minimum atomic E-state index is -0.817. The Morgan fingerprint density at radius 2 is 2.43 bits per heavy atom. The van der Waals surface area contributed by atoms with E-state index in [1.54, 1.807) is 0 Å². The summed E-state index contributed by atoms with van der Waals surface area (Å²) in [4.78, 5) is 3.84. The summed E-state index contributed by atoms with van der Waals surface area (Å²) in [6.07, 6.45) is -0.0281. The third-order valence-electron chi connectivity index (χ3n) is 2.46. The van der Waals surface area contributed by atoms with Crippen molar-refractivity contribution in [3.8, 4) is 0 Å². The summed E-state index contributed by atoms with van der Waals surface area (Å²) in [5.41, 5.74) is 6.34. The van der Waals surface area contributed by atoms with Crippen LogP contribution in [0.5, 0.6) is 0 Å². The molecule has 0 aromatic heterocycles. The van der Waals surface area contributed by atoms with Crippen molar-refractivity contribution >= 4 is 18.6 Å². The maximum Gasteiger partial charge on any atom is 0.197 e. The van der Waals surface area contributed by atoms with Gasteiger partial charge in [0.15, 0.2) is 12.2 Å². The zero-order chi connectivity index (χ0) is 10.1. The van der Waals surface area contributed by atoms with Gasteiger partial charge in [0.2, 0.25) is 0 Å². The molecule has 5 N–H and O–H groups in total. The first kappa shape index (κ1) is 9.67. The summed E-state index contributed by atoms with van der Waals surface area (Å²) in [7, 11) is 0. The third-order valence-corrected chi connectivity index (χ3v) is 2.93. The molecule has 1 radical (unpaired) electrons. The smallest absolute Gasteiger partial charge is 0.197 e. The number of rotatable bonds is 1. The zero-order valence-corrected chi connectivity index (χ0v) is 8.47. The van der Waals surface area contributed by atoms with E-state index in [4.69, 9.17) is 18.4 Å². The number of nitrogens with one attached hydrogen (secondary N) is 2. The van der Waals surface area contributed by atoms with Gasteiger partial charge in [-0.25, -0.2) is 4.99 Å². The number of aliphatic hydroxyl groups excluding tert-OH is 1. The third kappa shape index (κ3) is 1.67. The highest BCUT2D eigenvalue weighted by molar-refractivity contribution is 7.80. The average Bonchev–Trinajstić information content (AvgIpc) is 2.17. The van der Waals surface area contributed by atoms with Crippen LogP contribution in [0.25, 0.3) is 0 Å². The van der Waals surface area contributed by atoms with E-state index in [-0.39, 0.29) is 5.96 Å². The van der Waals surface area contributed by atoms with Gasteiger partial charge in [-0.2, -0.15) is 0 Å². The van der Waals surface area contributed by atoms with Crippen LogP contribution in [0.1, 0.15) is 6.42 Å². The van der Waals surface area contributed by atoms with E-state index in [0.29, 0.717) is 11.7 Å². The highest BCUT2D eigenvalue weighted by Gasteiger charge is 2.27. The minimum absolute atomic E-state index is 0.251. The molecule has 2 aliphatic heterocycles. The van der Waals surface area contributed by atoms with Gasteiger partial charge in [0.05, 0.1) is 0 Å². The van der Waals surface area contributed by atoms with Crippen LogP contribution in [0, 0.1) is 5.92 Å². The predicted molar refractivity (Wildman–Crippen MR) is 56.4 cm³/mol. The molecule has 2 unspecified atom stereocenters. The van der Waals surface area contributed by atoms with Crippen molar-refractivity contribution in [2.45, 2.75) is 12.6 Å². The molecule has 2 rings (SSSR count). The van der Waals surface area contributed by atoms with Gasteiger partial charge in [-0.3, -0.25) is 0 Å². The van der Waals surface area contributed by atoms with Crippen molar-refractivity contribution in [1.82, 2.24) is 10.6 Å². The Hall–Kier alpha value is -0.880. The van der Waals surface area contributed by atoms with Gasteiger partial charge in [0.25, 0.3) is 0 Å². The molecule has 0 aromatic rings. The van der Waals surface area contributed by atoms with Crippen LogP contribution < -0.4 is 16.4 Å². The SMILES string of the molecule is NC1=NC(O)C2=C(NCC(C[S])C2)N1. The molecule has 0 saturated carbocycles. The first-order valence-corrected chi connectivity index (χ1v) is 5.12. The van der Waals surface area contributed by atoms with E-state index in [1.807, 2.05) is 0 Å². The molecule has 0 saturated heterocycles. The summed E-state index contributed by atoms with van der Waals surface area (Å²) in [5, 5.41) is 15.7. The number of hydrogen-bond acceptors (Lipinski definition) is 5. The van der Waals surface area contributed by atoms with Gasteiger partial charge >= 0.3 is 0 Å².